The van der Waals surface area contributed by atoms with Crippen LogP contribution in [0.1, 0.15) is 20.3 Å². The third-order valence-electron chi connectivity index (χ3n) is 3.67. The summed E-state index contributed by atoms with van der Waals surface area (Å²) in [5.41, 5.74) is 1.23. The second kappa shape index (κ2) is 6.56. The van der Waals surface area contributed by atoms with E-state index >= 15 is 0 Å². The Bertz CT molecular complexity index is 479. The van der Waals surface area contributed by atoms with E-state index in [0.717, 1.165) is 13.0 Å². The number of benzene rings is 1. The third-order valence-corrected chi connectivity index (χ3v) is 3.67. The van der Waals surface area contributed by atoms with Crippen LogP contribution in [0.5, 0.6) is 0 Å². The van der Waals surface area contributed by atoms with E-state index in [2.05, 4.69) is 10.6 Å². The average molecular weight is 279 g/mol. The van der Waals surface area contributed by atoms with Crippen LogP contribution in [-0.2, 0) is 4.74 Å². The molecule has 0 aliphatic carbocycles. The van der Waals surface area contributed by atoms with Crippen molar-refractivity contribution in [2.45, 2.75) is 26.4 Å². The molecule has 110 valence electrons. The van der Waals surface area contributed by atoms with Crippen LogP contribution in [0.3, 0.4) is 0 Å². The lowest BCUT2D eigenvalue weighted by atomic mass is 10.0. The predicted molar refractivity (Wildman–Crippen MR) is 79.3 cm³/mol. The molecule has 1 heterocycles. The van der Waals surface area contributed by atoms with Gasteiger partial charge in [0.2, 0.25) is 0 Å². The van der Waals surface area contributed by atoms with Gasteiger partial charge in [-0.1, -0.05) is 6.07 Å². The Morgan fingerprint density at radius 1 is 1.40 bits per heavy atom. The molecule has 2 unspecified atom stereocenters. The van der Waals surface area contributed by atoms with Crippen molar-refractivity contribution in [3.63, 3.8) is 0 Å². The Kier molecular flexibility index (Phi) is 4.79. The maximum absolute atomic E-state index is 11.3. The molecule has 0 aromatic heterocycles. The van der Waals surface area contributed by atoms with Crippen molar-refractivity contribution in [3.05, 3.63) is 28.3 Å². The van der Waals surface area contributed by atoms with E-state index in [9.17, 15) is 10.1 Å². The molecule has 6 heteroatoms. The van der Waals surface area contributed by atoms with Gasteiger partial charge >= 0.3 is 5.69 Å². The van der Waals surface area contributed by atoms with Crippen molar-refractivity contribution in [1.82, 2.24) is 0 Å². The largest absolute Gasteiger partial charge is 0.380 e. The summed E-state index contributed by atoms with van der Waals surface area (Å²) < 4.78 is 5.51. The van der Waals surface area contributed by atoms with Crippen molar-refractivity contribution in [2.75, 3.05) is 30.3 Å². The number of anilines is 2. The van der Waals surface area contributed by atoms with Gasteiger partial charge in [0.05, 0.1) is 11.0 Å². The zero-order chi connectivity index (χ0) is 14.5. The molecule has 0 radical (unpaired) electrons. The summed E-state index contributed by atoms with van der Waals surface area (Å²) in [5.74, 6) is 0.400. The fourth-order valence-corrected chi connectivity index (χ4v) is 2.50. The van der Waals surface area contributed by atoms with Crippen LogP contribution < -0.4 is 10.6 Å². The van der Waals surface area contributed by atoms with E-state index in [1.165, 1.54) is 0 Å². The minimum Gasteiger partial charge on any atom is -0.380 e. The number of nitrogens with one attached hydrogen (secondary N) is 2. The van der Waals surface area contributed by atoms with Gasteiger partial charge in [0, 0.05) is 25.6 Å². The monoisotopic (exact) mass is 279 g/mol. The van der Waals surface area contributed by atoms with Gasteiger partial charge < -0.3 is 15.4 Å². The van der Waals surface area contributed by atoms with Crippen LogP contribution in [0.2, 0.25) is 0 Å². The third kappa shape index (κ3) is 3.19. The summed E-state index contributed by atoms with van der Waals surface area (Å²) in [7, 11) is 0. The summed E-state index contributed by atoms with van der Waals surface area (Å²) >= 11 is 0. The fraction of sp³-hybridized carbons (Fsp3) is 0.571. The highest BCUT2D eigenvalue weighted by molar-refractivity contribution is 5.76. The molecule has 0 amide bonds. The van der Waals surface area contributed by atoms with Gasteiger partial charge in [0.15, 0.2) is 0 Å². The lowest BCUT2D eigenvalue weighted by Gasteiger charge is -2.16. The molecule has 0 bridgehead atoms. The summed E-state index contributed by atoms with van der Waals surface area (Å²) in [4.78, 5) is 10.9. The zero-order valence-corrected chi connectivity index (χ0v) is 11.9. The molecule has 1 fully saturated rings. The van der Waals surface area contributed by atoms with Crippen LogP contribution in [0.25, 0.3) is 0 Å². The zero-order valence-electron chi connectivity index (χ0n) is 11.9. The van der Waals surface area contributed by atoms with Crippen LogP contribution in [0.4, 0.5) is 17.1 Å². The van der Waals surface area contributed by atoms with Gasteiger partial charge in [-0.25, -0.2) is 0 Å². The molecule has 2 rings (SSSR count). The molecule has 2 atom stereocenters. The highest BCUT2D eigenvalue weighted by Crippen LogP contribution is 2.33. The van der Waals surface area contributed by atoms with Crippen molar-refractivity contribution >= 4 is 17.1 Å². The number of hydrogen-bond donors (Lipinski definition) is 2. The number of hydrogen-bond acceptors (Lipinski definition) is 5. The first-order valence-corrected chi connectivity index (χ1v) is 7.00. The van der Waals surface area contributed by atoms with Gasteiger partial charge in [-0.3, -0.25) is 10.1 Å². The first kappa shape index (κ1) is 14.6. The molecule has 20 heavy (non-hydrogen) atoms. The molecular weight excluding hydrogens is 258 g/mol. The molecule has 6 nitrogen and oxygen atoms in total. The Hall–Kier alpha value is -1.82. The van der Waals surface area contributed by atoms with Gasteiger partial charge in [-0.2, -0.15) is 0 Å². The number of nitrogens with zero attached hydrogens (tertiary/aromatic N) is 1. The van der Waals surface area contributed by atoms with Gasteiger partial charge in [0.25, 0.3) is 0 Å². The Morgan fingerprint density at radius 3 is 2.65 bits per heavy atom. The maximum atomic E-state index is 11.3. The van der Waals surface area contributed by atoms with E-state index in [4.69, 9.17) is 4.74 Å². The van der Waals surface area contributed by atoms with E-state index in [1.54, 1.807) is 12.1 Å². The maximum Gasteiger partial charge on any atom is 0.315 e. The van der Waals surface area contributed by atoms with E-state index < -0.39 is 0 Å². The molecule has 0 spiro atoms. The number of nitro benzene ring substituents is 1. The van der Waals surface area contributed by atoms with Crippen LogP contribution in [0, 0.1) is 16.0 Å². The van der Waals surface area contributed by atoms with E-state index in [1.807, 2.05) is 19.9 Å². The standard InChI is InChI=1S/C14H21N3O3/c1-3-15-12-5-4-6-13(14(12)17(18)19)16-9-11-7-8-20-10(11)2/h4-6,10-11,15-16H,3,7-9H2,1-2H3. The van der Waals surface area contributed by atoms with Crippen molar-refractivity contribution in [1.29, 1.82) is 0 Å². The molecular formula is C14H21N3O3. The minimum atomic E-state index is -0.338. The Labute approximate surface area is 118 Å². The summed E-state index contributed by atoms with van der Waals surface area (Å²) in [6, 6.07) is 5.30. The van der Waals surface area contributed by atoms with Crippen LogP contribution in [-0.4, -0.2) is 30.7 Å². The number of nitro groups is 1. The van der Waals surface area contributed by atoms with E-state index in [-0.39, 0.29) is 16.7 Å². The summed E-state index contributed by atoms with van der Waals surface area (Å²) in [6.07, 6.45) is 1.20. The van der Waals surface area contributed by atoms with Gasteiger partial charge in [-0.05, 0) is 32.4 Å². The van der Waals surface area contributed by atoms with Gasteiger partial charge in [-0.15, -0.1) is 0 Å². The van der Waals surface area contributed by atoms with Crippen molar-refractivity contribution in [2.24, 2.45) is 5.92 Å². The molecule has 1 aromatic rings. The number of rotatable bonds is 6. The highest BCUT2D eigenvalue weighted by atomic mass is 16.6. The highest BCUT2D eigenvalue weighted by Gasteiger charge is 2.25. The molecule has 2 N–H and O–H groups in total. The molecule has 0 saturated carbocycles. The topological polar surface area (TPSA) is 76.4 Å². The number of ether oxygens (including phenoxy) is 1. The van der Waals surface area contributed by atoms with E-state index in [0.29, 0.717) is 30.4 Å². The van der Waals surface area contributed by atoms with Crippen LogP contribution >= 0.6 is 0 Å². The summed E-state index contributed by atoms with van der Waals surface area (Å²) in [5, 5.41) is 17.5. The normalized spacial score (nSPS) is 21.7. The van der Waals surface area contributed by atoms with Crippen LogP contribution in [0.15, 0.2) is 18.2 Å². The lowest BCUT2D eigenvalue weighted by Crippen LogP contribution is -2.21. The first-order valence-electron chi connectivity index (χ1n) is 7.00. The fourth-order valence-electron chi connectivity index (χ4n) is 2.50. The Balaban J connectivity index is 2.13. The first-order chi connectivity index (χ1) is 9.63. The molecule has 1 aromatic carbocycles. The average Bonchev–Trinajstić information content (AvgIpc) is 2.82. The number of para-hydroxylation sites is 1. The SMILES string of the molecule is CCNc1cccc(NCC2CCOC2C)c1[N+](=O)[O-]. The van der Waals surface area contributed by atoms with Crippen molar-refractivity contribution < 1.29 is 9.66 Å². The second-order valence-corrected chi connectivity index (χ2v) is 4.99. The summed E-state index contributed by atoms with van der Waals surface area (Å²) in [6.45, 7) is 6.08. The van der Waals surface area contributed by atoms with Gasteiger partial charge in [0.1, 0.15) is 11.4 Å². The Morgan fingerprint density at radius 2 is 2.10 bits per heavy atom. The lowest BCUT2D eigenvalue weighted by molar-refractivity contribution is -0.383. The molecule has 1 saturated heterocycles. The molecule has 1 aliphatic heterocycles. The molecule has 1 aliphatic rings. The minimum absolute atomic E-state index is 0.112. The quantitative estimate of drug-likeness (QED) is 0.618. The predicted octanol–water partition coefficient (Wildman–Crippen LogP) is 2.86. The van der Waals surface area contributed by atoms with Crippen molar-refractivity contribution in [3.8, 4) is 0 Å². The smallest absolute Gasteiger partial charge is 0.315 e. The second-order valence-electron chi connectivity index (χ2n) is 4.99.